The number of likely N-dealkylation sites (tertiary alicyclic amines) is 1. The summed E-state index contributed by atoms with van der Waals surface area (Å²) in [7, 11) is 1.45. The minimum absolute atomic E-state index is 0.109. The first kappa shape index (κ1) is 11.9. The molecule has 1 saturated heterocycles. The number of nitrogens with zero attached hydrogens (tertiary/aromatic N) is 1. The van der Waals surface area contributed by atoms with Crippen molar-refractivity contribution < 1.29 is 14.6 Å². The van der Waals surface area contributed by atoms with Crippen LogP contribution in [-0.2, 0) is 9.53 Å². The molecule has 2 unspecified atom stereocenters. The van der Waals surface area contributed by atoms with Crippen LogP contribution in [0.5, 0.6) is 0 Å². The lowest BCUT2D eigenvalue weighted by atomic mass is 9.98. The highest BCUT2D eigenvalue weighted by Crippen LogP contribution is 2.38. The second kappa shape index (κ2) is 5.15. The van der Waals surface area contributed by atoms with Crippen LogP contribution in [0, 0.1) is 5.92 Å². The summed E-state index contributed by atoms with van der Waals surface area (Å²) in [6.07, 6.45) is 5.51. The SMILES string of the molecule is COC(=O)C(C1CC1)N1CCCCC1CO. The molecular weight excluding hydrogens is 206 g/mol. The quantitative estimate of drug-likeness (QED) is 0.721. The van der Waals surface area contributed by atoms with E-state index in [-0.39, 0.29) is 24.7 Å². The Kier molecular flexibility index (Phi) is 3.82. The number of hydrogen-bond acceptors (Lipinski definition) is 4. The van der Waals surface area contributed by atoms with Gasteiger partial charge >= 0.3 is 5.97 Å². The molecule has 0 amide bonds. The third-order valence-electron chi connectivity index (χ3n) is 3.75. The third-order valence-corrected chi connectivity index (χ3v) is 3.75. The Labute approximate surface area is 96.6 Å². The Bertz CT molecular complexity index is 253. The Balaban J connectivity index is 2.07. The number of hydrogen-bond donors (Lipinski definition) is 1. The van der Waals surface area contributed by atoms with Crippen molar-refractivity contribution in [1.82, 2.24) is 4.90 Å². The van der Waals surface area contributed by atoms with Crippen molar-refractivity contribution in [2.75, 3.05) is 20.3 Å². The van der Waals surface area contributed by atoms with Gasteiger partial charge in [0, 0.05) is 6.04 Å². The van der Waals surface area contributed by atoms with Crippen LogP contribution in [-0.4, -0.2) is 48.3 Å². The number of piperidine rings is 1. The Morgan fingerprint density at radius 3 is 2.75 bits per heavy atom. The maximum absolute atomic E-state index is 11.8. The van der Waals surface area contributed by atoms with E-state index in [1.165, 1.54) is 7.11 Å². The molecule has 4 heteroatoms. The van der Waals surface area contributed by atoms with Crippen LogP contribution in [0.2, 0.25) is 0 Å². The largest absolute Gasteiger partial charge is 0.468 e. The smallest absolute Gasteiger partial charge is 0.323 e. The number of aliphatic hydroxyl groups is 1. The van der Waals surface area contributed by atoms with Crippen LogP contribution in [0.15, 0.2) is 0 Å². The zero-order valence-electron chi connectivity index (χ0n) is 9.89. The van der Waals surface area contributed by atoms with Crippen molar-refractivity contribution in [3.05, 3.63) is 0 Å². The van der Waals surface area contributed by atoms with Gasteiger partial charge in [-0.2, -0.15) is 0 Å². The number of rotatable bonds is 4. The van der Waals surface area contributed by atoms with E-state index < -0.39 is 0 Å². The number of methoxy groups -OCH3 is 1. The lowest BCUT2D eigenvalue weighted by Gasteiger charge is -2.39. The lowest BCUT2D eigenvalue weighted by molar-refractivity contribution is -0.150. The predicted molar refractivity (Wildman–Crippen MR) is 60.0 cm³/mol. The number of ether oxygens (including phenoxy) is 1. The van der Waals surface area contributed by atoms with Crippen LogP contribution < -0.4 is 0 Å². The van der Waals surface area contributed by atoms with Crippen LogP contribution >= 0.6 is 0 Å². The van der Waals surface area contributed by atoms with Gasteiger partial charge in [0.1, 0.15) is 6.04 Å². The molecule has 2 fully saturated rings. The van der Waals surface area contributed by atoms with E-state index in [1.807, 2.05) is 0 Å². The minimum atomic E-state index is -0.122. The first-order chi connectivity index (χ1) is 7.77. The average Bonchev–Trinajstić information content (AvgIpc) is 3.14. The normalized spacial score (nSPS) is 28.8. The molecule has 1 aliphatic heterocycles. The molecule has 1 heterocycles. The molecule has 1 N–H and O–H groups in total. The molecule has 0 spiro atoms. The van der Waals surface area contributed by atoms with Crippen molar-refractivity contribution in [3.63, 3.8) is 0 Å². The van der Waals surface area contributed by atoms with Crippen LogP contribution in [0.4, 0.5) is 0 Å². The number of esters is 1. The summed E-state index contributed by atoms with van der Waals surface area (Å²) in [6, 6.07) is 0.0425. The second-order valence-electron chi connectivity index (χ2n) is 4.88. The topological polar surface area (TPSA) is 49.8 Å². The van der Waals surface area contributed by atoms with Crippen molar-refractivity contribution in [3.8, 4) is 0 Å². The van der Waals surface area contributed by atoms with Gasteiger partial charge in [-0.3, -0.25) is 9.69 Å². The van der Waals surface area contributed by atoms with Crippen LogP contribution in [0.3, 0.4) is 0 Å². The Hall–Kier alpha value is -0.610. The summed E-state index contributed by atoms with van der Waals surface area (Å²) >= 11 is 0. The highest BCUT2D eigenvalue weighted by atomic mass is 16.5. The molecule has 1 saturated carbocycles. The van der Waals surface area contributed by atoms with E-state index in [4.69, 9.17) is 4.74 Å². The molecule has 0 aromatic rings. The number of carbonyl (C=O) groups excluding carboxylic acids is 1. The minimum Gasteiger partial charge on any atom is -0.468 e. The molecule has 0 radical (unpaired) electrons. The Morgan fingerprint density at radius 2 is 2.19 bits per heavy atom. The van der Waals surface area contributed by atoms with E-state index in [0.29, 0.717) is 5.92 Å². The van der Waals surface area contributed by atoms with E-state index in [2.05, 4.69) is 4.90 Å². The van der Waals surface area contributed by atoms with Gasteiger partial charge in [-0.05, 0) is 38.1 Å². The van der Waals surface area contributed by atoms with E-state index >= 15 is 0 Å². The molecule has 4 nitrogen and oxygen atoms in total. The maximum atomic E-state index is 11.8. The highest BCUT2D eigenvalue weighted by Gasteiger charge is 2.43. The fraction of sp³-hybridized carbons (Fsp3) is 0.917. The van der Waals surface area contributed by atoms with Gasteiger partial charge in [0.25, 0.3) is 0 Å². The summed E-state index contributed by atoms with van der Waals surface area (Å²) in [6.45, 7) is 1.07. The summed E-state index contributed by atoms with van der Waals surface area (Å²) in [5.41, 5.74) is 0. The molecule has 2 rings (SSSR count). The number of aliphatic hydroxyl groups excluding tert-OH is 1. The molecule has 92 valence electrons. The standard InChI is InChI=1S/C12H21NO3/c1-16-12(15)11(9-5-6-9)13-7-3-2-4-10(13)8-14/h9-11,14H,2-8H2,1H3. The second-order valence-corrected chi connectivity index (χ2v) is 4.88. The molecule has 0 aromatic carbocycles. The van der Waals surface area contributed by atoms with Gasteiger partial charge in [-0.1, -0.05) is 6.42 Å². The Morgan fingerprint density at radius 1 is 1.44 bits per heavy atom. The van der Waals surface area contributed by atoms with Gasteiger partial charge in [0.05, 0.1) is 13.7 Å². The number of carbonyl (C=O) groups is 1. The highest BCUT2D eigenvalue weighted by molar-refractivity contribution is 5.76. The van der Waals surface area contributed by atoms with Crippen molar-refractivity contribution >= 4 is 5.97 Å². The van der Waals surface area contributed by atoms with Gasteiger partial charge in [-0.15, -0.1) is 0 Å². The fourth-order valence-electron chi connectivity index (χ4n) is 2.72. The summed E-state index contributed by atoms with van der Waals surface area (Å²) < 4.78 is 4.90. The van der Waals surface area contributed by atoms with Crippen molar-refractivity contribution in [1.29, 1.82) is 0 Å². The predicted octanol–water partition coefficient (Wildman–Crippen LogP) is 0.785. The summed E-state index contributed by atoms with van der Waals surface area (Å²) in [5.74, 6) is 0.336. The molecule has 0 bridgehead atoms. The molecule has 0 aromatic heterocycles. The van der Waals surface area contributed by atoms with Gasteiger partial charge < -0.3 is 9.84 Å². The van der Waals surface area contributed by atoms with E-state index in [9.17, 15) is 9.90 Å². The summed E-state index contributed by atoms with van der Waals surface area (Å²) in [5, 5.41) is 9.37. The third kappa shape index (κ3) is 2.38. The zero-order valence-corrected chi connectivity index (χ0v) is 9.89. The molecule has 2 aliphatic rings. The first-order valence-electron chi connectivity index (χ1n) is 6.22. The molecule has 16 heavy (non-hydrogen) atoms. The fourth-order valence-corrected chi connectivity index (χ4v) is 2.72. The van der Waals surface area contributed by atoms with Crippen LogP contribution in [0.1, 0.15) is 32.1 Å². The molecular formula is C12H21NO3. The monoisotopic (exact) mass is 227 g/mol. The van der Waals surface area contributed by atoms with Gasteiger partial charge in [0.2, 0.25) is 0 Å². The maximum Gasteiger partial charge on any atom is 0.323 e. The van der Waals surface area contributed by atoms with Crippen molar-refractivity contribution in [2.45, 2.75) is 44.2 Å². The molecule has 1 aliphatic carbocycles. The van der Waals surface area contributed by atoms with E-state index in [1.54, 1.807) is 0 Å². The zero-order chi connectivity index (χ0) is 11.5. The van der Waals surface area contributed by atoms with E-state index in [0.717, 1.165) is 38.6 Å². The summed E-state index contributed by atoms with van der Waals surface area (Å²) in [4.78, 5) is 14.0. The van der Waals surface area contributed by atoms with Crippen molar-refractivity contribution in [2.24, 2.45) is 5.92 Å². The van der Waals surface area contributed by atoms with Gasteiger partial charge in [0.15, 0.2) is 0 Å². The molecule has 2 atom stereocenters. The van der Waals surface area contributed by atoms with Crippen LogP contribution in [0.25, 0.3) is 0 Å². The lowest BCUT2D eigenvalue weighted by Crippen LogP contribution is -2.52. The first-order valence-corrected chi connectivity index (χ1v) is 6.22. The van der Waals surface area contributed by atoms with Gasteiger partial charge in [-0.25, -0.2) is 0 Å². The average molecular weight is 227 g/mol.